The highest BCUT2D eigenvalue weighted by molar-refractivity contribution is 4.76. The zero-order valence-corrected chi connectivity index (χ0v) is 29.8. The second-order valence-corrected chi connectivity index (χ2v) is 13.5. The van der Waals surface area contributed by atoms with Gasteiger partial charge in [0.1, 0.15) is 0 Å². The fourth-order valence-electron chi connectivity index (χ4n) is 6.13. The molecular weight excluding hydrogens is 526 g/mol. The van der Waals surface area contributed by atoms with Crippen molar-refractivity contribution >= 4 is 0 Å². The highest BCUT2D eigenvalue weighted by atomic mass is 16.5. The molecule has 0 saturated carbocycles. The molecule has 0 aromatic rings. The van der Waals surface area contributed by atoms with Gasteiger partial charge in [-0.15, -0.1) is 0 Å². The van der Waals surface area contributed by atoms with E-state index in [0.29, 0.717) is 13.0 Å². The van der Waals surface area contributed by atoms with Crippen molar-refractivity contribution in [1.82, 2.24) is 0 Å². The molecule has 0 unspecified atom stereocenters. The fourth-order valence-corrected chi connectivity index (χ4v) is 6.13. The van der Waals surface area contributed by atoms with E-state index in [-0.39, 0.29) is 6.10 Å². The van der Waals surface area contributed by atoms with Crippen molar-refractivity contribution in [2.24, 2.45) is 0 Å². The summed E-state index contributed by atoms with van der Waals surface area (Å²) in [6, 6.07) is 2.28. The van der Waals surface area contributed by atoms with Crippen molar-refractivity contribution < 1.29 is 9.47 Å². The Morgan fingerprint density at radius 3 is 0.977 bits per heavy atom. The average Bonchev–Trinajstić information content (AvgIpc) is 3.01. The predicted molar refractivity (Wildman–Crippen MR) is 190 cm³/mol. The van der Waals surface area contributed by atoms with Gasteiger partial charge in [-0.25, -0.2) is 0 Å². The van der Waals surface area contributed by atoms with Crippen LogP contribution in [0.5, 0.6) is 0 Å². The van der Waals surface area contributed by atoms with Crippen molar-refractivity contribution in [2.45, 2.75) is 232 Å². The standard InChI is InChI=1S/C40H79NO2/c1-3-5-7-9-11-13-15-17-19-21-23-25-27-29-31-33-37-42-39-40(35-36-41)43-38-34-32-30-28-26-24-22-20-18-16-14-12-10-8-6-4-2/h40H,3-35,37-39H2,1-2H3/t40-/m0/s1. The molecule has 0 saturated heterocycles. The van der Waals surface area contributed by atoms with Crippen LogP contribution in [0.15, 0.2) is 0 Å². The van der Waals surface area contributed by atoms with Gasteiger partial charge in [0.15, 0.2) is 0 Å². The highest BCUT2D eigenvalue weighted by Gasteiger charge is 2.09. The SMILES string of the molecule is CCCCCCCCCCCCCCCCCCOC[C@H](CC#N)OCCCCCCCCCCCCCCCCCC. The first-order chi connectivity index (χ1) is 21.3. The number of hydrogen-bond acceptors (Lipinski definition) is 3. The fraction of sp³-hybridized carbons (Fsp3) is 0.975. The summed E-state index contributed by atoms with van der Waals surface area (Å²) < 4.78 is 11.9. The van der Waals surface area contributed by atoms with Crippen LogP contribution in [0.1, 0.15) is 226 Å². The molecule has 256 valence electrons. The molecule has 3 nitrogen and oxygen atoms in total. The molecule has 3 heteroatoms. The van der Waals surface area contributed by atoms with E-state index in [9.17, 15) is 0 Å². The molecule has 1 atom stereocenters. The summed E-state index contributed by atoms with van der Waals surface area (Å²) in [5, 5.41) is 9.15. The summed E-state index contributed by atoms with van der Waals surface area (Å²) in [6.45, 7) is 6.74. The lowest BCUT2D eigenvalue weighted by Crippen LogP contribution is -2.20. The Labute approximate surface area is 272 Å². The van der Waals surface area contributed by atoms with E-state index < -0.39 is 0 Å². The lowest BCUT2D eigenvalue weighted by Gasteiger charge is -2.15. The number of ether oxygens (including phenoxy) is 2. The molecule has 0 N–H and O–H groups in total. The van der Waals surface area contributed by atoms with Gasteiger partial charge in [0.25, 0.3) is 0 Å². The molecule has 43 heavy (non-hydrogen) atoms. The molecule has 0 aliphatic carbocycles. The maximum absolute atomic E-state index is 9.15. The summed E-state index contributed by atoms with van der Waals surface area (Å²) >= 11 is 0. The van der Waals surface area contributed by atoms with Crippen molar-refractivity contribution in [1.29, 1.82) is 5.26 Å². The van der Waals surface area contributed by atoms with E-state index in [1.165, 1.54) is 193 Å². The van der Waals surface area contributed by atoms with Gasteiger partial charge in [0, 0.05) is 13.2 Å². The number of hydrogen-bond donors (Lipinski definition) is 0. The zero-order chi connectivity index (χ0) is 31.2. The van der Waals surface area contributed by atoms with Gasteiger partial charge < -0.3 is 9.47 Å². The van der Waals surface area contributed by atoms with Gasteiger partial charge in [-0.1, -0.05) is 206 Å². The summed E-state index contributed by atoms with van der Waals surface area (Å²) in [7, 11) is 0. The summed E-state index contributed by atoms with van der Waals surface area (Å²) in [5.41, 5.74) is 0. The molecule has 0 aliphatic rings. The van der Waals surface area contributed by atoms with Crippen LogP contribution in [-0.2, 0) is 9.47 Å². The van der Waals surface area contributed by atoms with Crippen LogP contribution < -0.4 is 0 Å². The van der Waals surface area contributed by atoms with E-state index in [2.05, 4.69) is 19.9 Å². The molecule has 0 fully saturated rings. The van der Waals surface area contributed by atoms with Crippen molar-refractivity contribution in [2.75, 3.05) is 19.8 Å². The van der Waals surface area contributed by atoms with Crippen LogP contribution in [0, 0.1) is 11.3 Å². The van der Waals surface area contributed by atoms with Crippen molar-refractivity contribution in [3.8, 4) is 6.07 Å². The van der Waals surface area contributed by atoms with Crippen LogP contribution in [0.4, 0.5) is 0 Å². The summed E-state index contributed by atoms with van der Waals surface area (Å²) in [4.78, 5) is 0. The van der Waals surface area contributed by atoms with Gasteiger partial charge >= 0.3 is 0 Å². The quantitative estimate of drug-likeness (QED) is 0.0657. The maximum Gasteiger partial charge on any atom is 0.0937 e. The number of unbranched alkanes of at least 4 members (excludes halogenated alkanes) is 30. The summed E-state index contributed by atoms with van der Waals surface area (Å²) in [6.07, 6.45) is 44.8. The average molecular weight is 606 g/mol. The largest absolute Gasteiger partial charge is 0.379 e. The third kappa shape index (κ3) is 37.5. The minimum absolute atomic E-state index is 0.0533. The first-order valence-corrected chi connectivity index (χ1v) is 19.9. The third-order valence-corrected chi connectivity index (χ3v) is 9.12. The molecule has 0 radical (unpaired) electrons. The second-order valence-electron chi connectivity index (χ2n) is 13.5. The number of nitrogens with zero attached hydrogens (tertiary/aromatic N) is 1. The van der Waals surface area contributed by atoms with Crippen LogP contribution in [0.2, 0.25) is 0 Å². The first-order valence-electron chi connectivity index (χ1n) is 19.9. The van der Waals surface area contributed by atoms with E-state index in [1.54, 1.807) is 0 Å². The Balaban J connectivity index is 3.34. The minimum Gasteiger partial charge on any atom is -0.379 e. The Morgan fingerprint density at radius 1 is 0.395 bits per heavy atom. The molecule has 0 aliphatic heterocycles. The van der Waals surface area contributed by atoms with E-state index in [1.807, 2.05) is 0 Å². The molecule has 0 rings (SSSR count). The van der Waals surface area contributed by atoms with E-state index in [4.69, 9.17) is 14.7 Å². The Kier molecular flexibility index (Phi) is 38.9. The predicted octanol–water partition coefficient (Wildman–Crippen LogP) is 13.8. The number of nitriles is 1. The van der Waals surface area contributed by atoms with Crippen LogP contribution >= 0.6 is 0 Å². The van der Waals surface area contributed by atoms with Crippen LogP contribution in [0.25, 0.3) is 0 Å². The Hall–Kier alpha value is -0.590. The van der Waals surface area contributed by atoms with Gasteiger partial charge in [-0.3, -0.25) is 0 Å². The van der Waals surface area contributed by atoms with E-state index in [0.717, 1.165) is 26.1 Å². The minimum atomic E-state index is -0.0533. The topological polar surface area (TPSA) is 42.2 Å². The molecule has 0 bridgehead atoms. The Morgan fingerprint density at radius 2 is 0.674 bits per heavy atom. The third-order valence-electron chi connectivity index (χ3n) is 9.12. The Bertz CT molecular complexity index is 531. The van der Waals surface area contributed by atoms with Crippen LogP contribution in [-0.4, -0.2) is 25.9 Å². The first kappa shape index (κ1) is 42.4. The zero-order valence-electron chi connectivity index (χ0n) is 29.8. The highest BCUT2D eigenvalue weighted by Crippen LogP contribution is 2.15. The molecule has 0 spiro atoms. The molecule has 0 amide bonds. The normalized spacial score (nSPS) is 12.1. The van der Waals surface area contributed by atoms with Gasteiger partial charge in [0.05, 0.1) is 25.2 Å². The molecular formula is C40H79NO2. The molecule has 0 aromatic heterocycles. The second kappa shape index (κ2) is 39.4. The lowest BCUT2D eigenvalue weighted by atomic mass is 10.0. The molecule has 0 heterocycles. The van der Waals surface area contributed by atoms with Crippen molar-refractivity contribution in [3.05, 3.63) is 0 Å². The van der Waals surface area contributed by atoms with Gasteiger partial charge in [0.2, 0.25) is 0 Å². The maximum atomic E-state index is 9.15. The lowest BCUT2D eigenvalue weighted by molar-refractivity contribution is -0.0159. The van der Waals surface area contributed by atoms with Gasteiger partial charge in [-0.05, 0) is 12.8 Å². The van der Waals surface area contributed by atoms with E-state index >= 15 is 0 Å². The smallest absolute Gasteiger partial charge is 0.0937 e. The molecule has 0 aromatic carbocycles. The monoisotopic (exact) mass is 606 g/mol. The number of rotatable bonds is 38. The summed E-state index contributed by atoms with van der Waals surface area (Å²) in [5.74, 6) is 0. The van der Waals surface area contributed by atoms with Crippen molar-refractivity contribution in [3.63, 3.8) is 0 Å². The van der Waals surface area contributed by atoms with Crippen LogP contribution in [0.3, 0.4) is 0 Å². The van der Waals surface area contributed by atoms with Gasteiger partial charge in [-0.2, -0.15) is 5.26 Å².